The van der Waals surface area contributed by atoms with E-state index in [-0.39, 0.29) is 7.43 Å². The summed E-state index contributed by atoms with van der Waals surface area (Å²) in [6.45, 7) is 21.5. The summed E-state index contributed by atoms with van der Waals surface area (Å²) in [5, 5.41) is 0. The van der Waals surface area contributed by atoms with E-state index in [2.05, 4.69) is 55.4 Å². The van der Waals surface area contributed by atoms with Crippen LogP contribution in [0.4, 0.5) is 0 Å². The van der Waals surface area contributed by atoms with Gasteiger partial charge in [-0.15, -0.1) is 0 Å². The molecule has 0 aliphatic carbocycles. The molecule has 0 aliphatic rings. The Morgan fingerprint density at radius 3 is 0.462 bits per heavy atom. The third-order valence-electron chi connectivity index (χ3n) is 0. The van der Waals surface area contributed by atoms with Gasteiger partial charge in [0.2, 0.25) is 0 Å². The van der Waals surface area contributed by atoms with Crippen LogP contribution >= 0.6 is 0 Å². The lowest BCUT2D eigenvalue weighted by Crippen LogP contribution is -1.93. The van der Waals surface area contributed by atoms with Crippen molar-refractivity contribution in [1.82, 2.24) is 0 Å². The SMILES string of the molecule is C.CC.CC(C)(C)C.CC(C)(C)C. The summed E-state index contributed by atoms with van der Waals surface area (Å²) < 4.78 is 0. The van der Waals surface area contributed by atoms with Crippen molar-refractivity contribution in [2.75, 3.05) is 0 Å². The van der Waals surface area contributed by atoms with Gasteiger partial charge in [-0.2, -0.15) is 0 Å². The van der Waals surface area contributed by atoms with Crippen molar-refractivity contribution >= 4 is 0 Å². The van der Waals surface area contributed by atoms with E-state index in [1.807, 2.05) is 13.8 Å². The largest absolute Gasteiger partial charge is 0.0776 e. The highest BCUT2D eigenvalue weighted by Gasteiger charge is 1.96. The molecule has 0 aromatic heterocycles. The molecule has 0 bridgehead atoms. The Balaban J connectivity index is -0.0000000491. The Kier molecular flexibility index (Phi) is 17.9. The maximum absolute atomic E-state index is 2.19. The lowest BCUT2D eigenvalue weighted by Gasteiger charge is -2.05. The van der Waals surface area contributed by atoms with Crippen LogP contribution in [0.5, 0.6) is 0 Å². The Bertz CT molecular complexity index is 43.0. The molecule has 0 fully saturated rings. The van der Waals surface area contributed by atoms with Gasteiger partial charge in [0.1, 0.15) is 0 Å². The fourth-order valence-corrected chi connectivity index (χ4v) is 0. The number of hydrogen-bond donors (Lipinski definition) is 0. The Morgan fingerprint density at radius 1 is 0.462 bits per heavy atom. The van der Waals surface area contributed by atoms with Crippen LogP contribution < -0.4 is 0 Å². The molecule has 0 amide bonds. The van der Waals surface area contributed by atoms with Gasteiger partial charge in [-0.3, -0.25) is 0 Å². The second kappa shape index (κ2) is 10.1. The second-order valence-electron chi connectivity index (χ2n) is 6.00. The molecule has 0 atom stereocenters. The first kappa shape index (κ1) is 23.1. The van der Waals surface area contributed by atoms with Crippen molar-refractivity contribution in [3.63, 3.8) is 0 Å². The Labute approximate surface area is 88.1 Å². The van der Waals surface area contributed by atoms with Crippen molar-refractivity contribution in [1.29, 1.82) is 0 Å². The highest BCUT2D eigenvalue weighted by molar-refractivity contribution is 4.47. The lowest BCUT2D eigenvalue weighted by atomic mass is 10.0. The molecule has 0 spiro atoms. The molecule has 0 aliphatic heterocycles. The van der Waals surface area contributed by atoms with Crippen molar-refractivity contribution in [2.45, 2.75) is 76.7 Å². The molecule has 0 saturated carbocycles. The van der Waals surface area contributed by atoms with Crippen LogP contribution in [0.3, 0.4) is 0 Å². The van der Waals surface area contributed by atoms with Gasteiger partial charge in [0.25, 0.3) is 0 Å². The first-order chi connectivity index (χ1) is 5.00. The van der Waals surface area contributed by atoms with Crippen LogP contribution in [0.2, 0.25) is 0 Å². The molecule has 0 radical (unpaired) electrons. The molecule has 0 rings (SSSR count). The van der Waals surface area contributed by atoms with Gasteiger partial charge >= 0.3 is 0 Å². The van der Waals surface area contributed by atoms with Crippen LogP contribution in [0.25, 0.3) is 0 Å². The average molecular weight is 190 g/mol. The van der Waals surface area contributed by atoms with Crippen LogP contribution in [0, 0.1) is 10.8 Å². The molecule has 13 heavy (non-hydrogen) atoms. The smallest absolute Gasteiger partial charge is 0.0411 e. The minimum atomic E-state index is 0. The van der Waals surface area contributed by atoms with E-state index in [1.165, 1.54) is 0 Å². The summed E-state index contributed by atoms with van der Waals surface area (Å²) in [7, 11) is 0. The third-order valence-corrected chi connectivity index (χ3v) is 0. The van der Waals surface area contributed by atoms with E-state index in [4.69, 9.17) is 0 Å². The van der Waals surface area contributed by atoms with Crippen molar-refractivity contribution < 1.29 is 0 Å². The zero-order valence-corrected chi connectivity index (χ0v) is 11.0. The van der Waals surface area contributed by atoms with Gasteiger partial charge in [0.05, 0.1) is 0 Å². The molecule has 0 nitrogen and oxygen atoms in total. The van der Waals surface area contributed by atoms with Gasteiger partial charge in [0, 0.05) is 0 Å². The summed E-state index contributed by atoms with van der Waals surface area (Å²) in [6.07, 6.45) is 0. The monoisotopic (exact) mass is 190 g/mol. The average Bonchev–Trinajstić information content (AvgIpc) is 1.59. The Hall–Kier alpha value is 0. The lowest BCUT2D eigenvalue weighted by molar-refractivity contribution is 0.469. The zero-order valence-electron chi connectivity index (χ0n) is 11.0. The molecule has 0 heterocycles. The normalized spacial score (nSPS) is 9.69. The van der Waals surface area contributed by atoms with Crippen LogP contribution in [-0.2, 0) is 0 Å². The highest BCUT2D eigenvalue weighted by atomic mass is 14.0. The van der Waals surface area contributed by atoms with Crippen LogP contribution in [0.15, 0.2) is 0 Å². The first-order valence-corrected chi connectivity index (χ1v) is 5.00. The van der Waals surface area contributed by atoms with Crippen molar-refractivity contribution in [3.8, 4) is 0 Å². The van der Waals surface area contributed by atoms with Gasteiger partial charge < -0.3 is 0 Å². The molecule has 0 aromatic rings. The van der Waals surface area contributed by atoms with Gasteiger partial charge in [-0.05, 0) is 10.8 Å². The zero-order chi connectivity index (χ0) is 11.0. The molecule has 0 aromatic carbocycles. The predicted octanol–water partition coefficient (Wildman–Crippen LogP) is 5.77. The third kappa shape index (κ3) is 0. The fraction of sp³-hybridized carbons (Fsp3) is 1.00. The van der Waals surface area contributed by atoms with E-state index >= 15 is 0 Å². The number of hydrogen-bond acceptors (Lipinski definition) is 0. The van der Waals surface area contributed by atoms with Crippen LogP contribution in [-0.4, -0.2) is 0 Å². The van der Waals surface area contributed by atoms with Gasteiger partial charge in [-0.25, -0.2) is 0 Å². The summed E-state index contributed by atoms with van der Waals surface area (Å²) in [5.74, 6) is 0. The minimum absolute atomic E-state index is 0. The van der Waals surface area contributed by atoms with E-state index in [9.17, 15) is 0 Å². The number of rotatable bonds is 0. The van der Waals surface area contributed by atoms with Crippen molar-refractivity contribution in [3.05, 3.63) is 0 Å². The van der Waals surface area contributed by atoms with Crippen molar-refractivity contribution in [2.24, 2.45) is 10.8 Å². The summed E-state index contributed by atoms with van der Waals surface area (Å²) in [5.41, 5.74) is 1.00. The van der Waals surface area contributed by atoms with E-state index in [0.717, 1.165) is 0 Å². The van der Waals surface area contributed by atoms with E-state index < -0.39 is 0 Å². The van der Waals surface area contributed by atoms with Gasteiger partial charge in [-0.1, -0.05) is 76.7 Å². The Morgan fingerprint density at radius 2 is 0.462 bits per heavy atom. The molecule has 0 heteroatoms. The summed E-state index contributed by atoms with van der Waals surface area (Å²) in [6, 6.07) is 0. The van der Waals surface area contributed by atoms with E-state index in [0.29, 0.717) is 10.8 Å². The summed E-state index contributed by atoms with van der Waals surface area (Å²) >= 11 is 0. The molecular formula is C13H34. The maximum Gasteiger partial charge on any atom is -0.0411 e. The maximum atomic E-state index is 2.19. The van der Waals surface area contributed by atoms with Crippen LogP contribution in [0.1, 0.15) is 76.7 Å². The molecule has 0 N–H and O–H groups in total. The fourth-order valence-electron chi connectivity index (χ4n) is 0. The molecule has 86 valence electrons. The topological polar surface area (TPSA) is 0 Å². The van der Waals surface area contributed by atoms with Gasteiger partial charge in [0.15, 0.2) is 0 Å². The standard InChI is InChI=1S/2C5H12.C2H6.CH4/c2*1-5(2,3)4;1-2;/h2*1-4H3;1-2H3;1H4. The molecule has 0 saturated heterocycles. The summed E-state index contributed by atoms with van der Waals surface area (Å²) in [4.78, 5) is 0. The molecular weight excluding hydrogens is 156 g/mol. The predicted molar refractivity (Wildman–Crippen MR) is 68.3 cm³/mol. The first-order valence-electron chi connectivity index (χ1n) is 5.00. The second-order valence-corrected chi connectivity index (χ2v) is 6.00. The van der Waals surface area contributed by atoms with E-state index in [1.54, 1.807) is 0 Å². The quantitative estimate of drug-likeness (QED) is 0.455. The highest BCUT2D eigenvalue weighted by Crippen LogP contribution is 2.08. The molecule has 0 unspecified atom stereocenters. The minimum Gasteiger partial charge on any atom is -0.0776 e.